The lowest BCUT2D eigenvalue weighted by molar-refractivity contribution is 0.0932. The Morgan fingerprint density at radius 1 is 1.59 bits per heavy atom. The molecule has 0 saturated heterocycles. The molecule has 0 aliphatic heterocycles. The summed E-state index contributed by atoms with van der Waals surface area (Å²) < 4.78 is 13.5. The van der Waals surface area contributed by atoms with Crippen LogP contribution in [0.3, 0.4) is 0 Å². The third kappa shape index (κ3) is 3.98. The molecule has 0 fully saturated rings. The van der Waals surface area contributed by atoms with Gasteiger partial charge in [0.2, 0.25) is 0 Å². The minimum Gasteiger partial charge on any atom is -0.396 e. The normalized spacial score (nSPS) is 12.2. The molecule has 0 heterocycles. The van der Waals surface area contributed by atoms with Gasteiger partial charge in [0.05, 0.1) is 10.6 Å². The van der Waals surface area contributed by atoms with Crippen LogP contribution in [0.5, 0.6) is 0 Å². The third-order valence-corrected chi connectivity index (χ3v) is 2.66. The Morgan fingerprint density at radius 2 is 2.29 bits per heavy atom. The summed E-state index contributed by atoms with van der Waals surface area (Å²) in [4.78, 5) is 11.7. The van der Waals surface area contributed by atoms with Crippen LogP contribution in [0.15, 0.2) is 18.2 Å². The van der Waals surface area contributed by atoms with Crippen LogP contribution in [0, 0.1) is 5.82 Å². The number of carbonyl (C=O) groups is 1. The molecule has 0 spiro atoms. The summed E-state index contributed by atoms with van der Waals surface area (Å²) in [5.74, 6) is -1.20. The van der Waals surface area contributed by atoms with Crippen molar-refractivity contribution in [2.45, 2.75) is 25.8 Å². The maximum Gasteiger partial charge on any atom is 0.254 e. The molecule has 5 heteroatoms. The van der Waals surface area contributed by atoms with E-state index in [-0.39, 0.29) is 23.2 Å². The topological polar surface area (TPSA) is 49.3 Å². The number of halogens is 2. The average molecular weight is 260 g/mol. The predicted octanol–water partition coefficient (Wildman–Crippen LogP) is 2.37. The number of nitrogens with one attached hydrogen (secondary N) is 1. The van der Waals surface area contributed by atoms with Gasteiger partial charge < -0.3 is 10.4 Å². The maximum absolute atomic E-state index is 13.5. The zero-order chi connectivity index (χ0) is 12.8. The van der Waals surface area contributed by atoms with Crippen LogP contribution >= 0.6 is 11.6 Å². The van der Waals surface area contributed by atoms with Gasteiger partial charge in [0.1, 0.15) is 0 Å². The van der Waals surface area contributed by atoms with Crippen molar-refractivity contribution >= 4 is 17.5 Å². The lowest BCUT2D eigenvalue weighted by atomic mass is 10.1. The maximum atomic E-state index is 13.5. The van der Waals surface area contributed by atoms with E-state index in [1.807, 2.05) is 0 Å². The van der Waals surface area contributed by atoms with Crippen LogP contribution in [-0.4, -0.2) is 23.7 Å². The van der Waals surface area contributed by atoms with Crippen LogP contribution in [0.25, 0.3) is 0 Å². The van der Waals surface area contributed by atoms with Crippen molar-refractivity contribution in [2.75, 3.05) is 6.61 Å². The van der Waals surface area contributed by atoms with E-state index in [0.29, 0.717) is 12.8 Å². The predicted molar refractivity (Wildman–Crippen MR) is 64.7 cm³/mol. The standard InChI is InChI=1S/C12H15ClFNO2/c1-8(4-3-7-16)15-12(17)9-5-2-6-10(13)11(9)14/h2,5-6,8,16H,3-4,7H2,1H3,(H,15,17). The zero-order valence-electron chi connectivity index (χ0n) is 9.54. The van der Waals surface area contributed by atoms with Gasteiger partial charge in [0.15, 0.2) is 5.82 Å². The molecule has 0 aliphatic rings. The summed E-state index contributed by atoms with van der Waals surface area (Å²) >= 11 is 5.59. The summed E-state index contributed by atoms with van der Waals surface area (Å²) in [6, 6.07) is 4.18. The molecule has 2 N–H and O–H groups in total. The Labute approximate surface area is 105 Å². The third-order valence-electron chi connectivity index (χ3n) is 2.37. The van der Waals surface area contributed by atoms with Crippen LogP contribution in [0.1, 0.15) is 30.1 Å². The lowest BCUT2D eigenvalue weighted by Gasteiger charge is -2.13. The van der Waals surface area contributed by atoms with Gasteiger partial charge in [0, 0.05) is 12.6 Å². The molecule has 0 bridgehead atoms. The van der Waals surface area contributed by atoms with E-state index in [4.69, 9.17) is 16.7 Å². The van der Waals surface area contributed by atoms with Crippen molar-refractivity contribution in [1.82, 2.24) is 5.32 Å². The molecule has 0 aliphatic carbocycles. The monoisotopic (exact) mass is 259 g/mol. The number of hydrogen-bond acceptors (Lipinski definition) is 2. The van der Waals surface area contributed by atoms with Crippen molar-refractivity contribution < 1.29 is 14.3 Å². The number of amides is 1. The van der Waals surface area contributed by atoms with E-state index in [2.05, 4.69) is 5.32 Å². The summed E-state index contributed by atoms with van der Waals surface area (Å²) in [6.45, 7) is 1.88. The van der Waals surface area contributed by atoms with Gasteiger partial charge in [-0.15, -0.1) is 0 Å². The highest BCUT2D eigenvalue weighted by Crippen LogP contribution is 2.17. The first kappa shape index (κ1) is 13.9. The molecule has 1 aromatic rings. The smallest absolute Gasteiger partial charge is 0.254 e. The van der Waals surface area contributed by atoms with Crippen molar-refractivity contribution in [3.05, 3.63) is 34.6 Å². The molecule has 0 radical (unpaired) electrons. The fourth-order valence-corrected chi connectivity index (χ4v) is 1.62. The van der Waals surface area contributed by atoms with Crippen molar-refractivity contribution in [3.8, 4) is 0 Å². The highest BCUT2D eigenvalue weighted by Gasteiger charge is 2.15. The van der Waals surface area contributed by atoms with Crippen molar-refractivity contribution in [2.24, 2.45) is 0 Å². The van der Waals surface area contributed by atoms with Gasteiger partial charge in [-0.25, -0.2) is 4.39 Å². The van der Waals surface area contributed by atoms with Crippen molar-refractivity contribution in [1.29, 1.82) is 0 Å². The summed E-state index contributed by atoms with van der Waals surface area (Å²) in [7, 11) is 0. The first-order valence-corrected chi connectivity index (χ1v) is 5.79. The van der Waals surface area contributed by atoms with Crippen LogP contribution < -0.4 is 5.32 Å². The molecule has 3 nitrogen and oxygen atoms in total. The Morgan fingerprint density at radius 3 is 2.94 bits per heavy atom. The fraction of sp³-hybridized carbons (Fsp3) is 0.417. The molecule has 1 atom stereocenters. The molecular weight excluding hydrogens is 245 g/mol. The molecule has 0 aromatic heterocycles. The lowest BCUT2D eigenvalue weighted by Crippen LogP contribution is -2.33. The molecule has 94 valence electrons. The van der Waals surface area contributed by atoms with E-state index < -0.39 is 11.7 Å². The van der Waals surface area contributed by atoms with Gasteiger partial charge >= 0.3 is 0 Å². The van der Waals surface area contributed by atoms with Crippen molar-refractivity contribution in [3.63, 3.8) is 0 Å². The SMILES string of the molecule is CC(CCCO)NC(=O)c1cccc(Cl)c1F. The second-order valence-corrected chi connectivity index (χ2v) is 4.25. The quantitative estimate of drug-likeness (QED) is 0.853. The highest BCUT2D eigenvalue weighted by molar-refractivity contribution is 6.31. The molecular formula is C12H15ClFNO2. The summed E-state index contributed by atoms with van der Waals surface area (Å²) in [5, 5.41) is 11.2. The highest BCUT2D eigenvalue weighted by atomic mass is 35.5. The number of rotatable bonds is 5. The number of carbonyl (C=O) groups excluding carboxylic acids is 1. The first-order chi connectivity index (χ1) is 8.06. The molecule has 0 saturated carbocycles. The second kappa shape index (κ2) is 6.57. The Balaban J connectivity index is 2.67. The number of benzene rings is 1. The molecule has 17 heavy (non-hydrogen) atoms. The van der Waals surface area contributed by atoms with Gasteiger partial charge in [-0.2, -0.15) is 0 Å². The van der Waals surface area contributed by atoms with Gasteiger partial charge in [-0.05, 0) is 31.9 Å². The van der Waals surface area contributed by atoms with E-state index in [0.717, 1.165) is 0 Å². The number of hydrogen-bond donors (Lipinski definition) is 2. The average Bonchev–Trinajstić information content (AvgIpc) is 2.29. The Bertz CT molecular complexity index is 398. The Hall–Kier alpha value is -1.13. The molecule has 1 amide bonds. The van der Waals surface area contributed by atoms with E-state index in [9.17, 15) is 9.18 Å². The molecule has 1 rings (SSSR count). The van der Waals surface area contributed by atoms with Crippen LogP contribution in [-0.2, 0) is 0 Å². The summed E-state index contributed by atoms with van der Waals surface area (Å²) in [6.07, 6.45) is 1.24. The minimum atomic E-state index is -0.707. The molecule has 1 aromatic carbocycles. The minimum absolute atomic E-state index is 0.0617. The summed E-state index contributed by atoms with van der Waals surface area (Å²) in [5.41, 5.74) is -0.0617. The first-order valence-electron chi connectivity index (χ1n) is 5.42. The number of aliphatic hydroxyl groups is 1. The van der Waals surface area contributed by atoms with E-state index in [1.165, 1.54) is 18.2 Å². The molecule has 1 unspecified atom stereocenters. The van der Waals surface area contributed by atoms with E-state index >= 15 is 0 Å². The Kier molecular flexibility index (Phi) is 5.38. The second-order valence-electron chi connectivity index (χ2n) is 3.84. The fourth-order valence-electron chi connectivity index (χ4n) is 1.45. The van der Waals surface area contributed by atoms with Gasteiger partial charge in [-0.1, -0.05) is 17.7 Å². The largest absolute Gasteiger partial charge is 0.396 e. The van der Waals surface area contributed by atoms with Crippen LogP contribution in [0.2, 0.25) is 5.02 Å². The van der Waals surface area contributed by atoms with Gasteiger partial charge in [0.25, 0.3) is 5.91 Å². The van der Waals surface area contributed by atoms with E-state index in [1.54, 1.807) is 6.92 Å². The zero-order valence-corrected chi connectivity index (χ0v) is 10.3. The number of aliphatic hydroxyl groups excluding tert-OH is 1. The van der Waals surface area contributed by atoms with Gasteiger partial charge in [-0.3, -0.25) is 4.79 Å². The van der Waals surface area contributed by atoms with Crippen LogP contribution in [0.4, 0.5) is 4.39 Å².